The molecule has 0 bridgehead atoms. The summed E-state index contributed by atoms with van der Waals surface area (Å²) in [5.41, 5.74) is 7.10. The van der Waals surface area contributed by atoms with Gasteiger partial charge in [-0.15, -0.1) is 0 Å². The molecule has 0 aliphatic heterocycles. The normalized spacial score (nSPS) is 13.7. The maximum absolute atomic E-state index is 10.1. The molecule has 2 rings (SSSR count). The summed E-state index contributed by atoms with van der Waals surface area (Å²) in [6, 6.07) is 14.7. The van der Waals surface area contributed by atoms with Crippen LogP contribution in [0.25, 0.3) is 0 Å². The number of hydrogen-bond donors (Lipinski definition) is 2. The van der Waals surface area contributed by atoms with Gasteiger partial charge < -0.3 is 15.6 Å². The third kappa shape index (κ3) is 5.00. The third-order valence-corrected chi connectivity index (χ3v) is 3.92. The van der Waals surface area contributed by atoms with Crippen LogP contribution >= 0.6 is 27.5 Å². The molecule has 2 aromatic carbocycles. The highest BCUT2D eigenvalue weighted by Gasteiger charge is 2.16. The number of benzene rings is 2. The van der Waals surface area contributed by atoms with Crippen LogP contribution in [0, 0.1) is 0 Å². The van der Waals surface area contributed by atoms with Crippen molar-refractivity contribution >= 4 is 27.5 Å². The summed E-state index contributed by atoms with van der Waals surface area (Å²) in [7, 11) is 0. The monoisotopic (exact) mass is 369 g/mol. The highest BCUT2D eigenvalue weighted by atomic mass is 79.9. The first-order valence-electron chi connectivity index (χ1n) is 6.61. The van der Waals surface area contributed by atoms with Gasteiger partial charge in [0.25, 0.3) is 0 Å². The summed E-state index contributed by atoms with van der Waals surface area (Å²) in [5.74, 6) is 0.525. The van der Waals surface area contributed by atoms with Gasteiger partial charge in [-0.05, 0) is 30.2 Å². The number of rotatable bonds is 6. The number of nitrogens with two attached hydrogens (primary N) is 1. The molecule has 21 heavy (non-hydrogen) atoms. The molecule has 5 heteroatoms. The maximum Gasteiger partial charge on any atom is 0.139 e. The van der Waals surface area contributed by atoms with E-state index in [0.717, 1.165) is 10.0 Å². The lowest BCUT2D eigenvalue weighted by Crippen LogP contribution is -2.40. The van der Waals surface area contributed by atoms with Crippen LogP contribution in [-0.4, -0.2) is 23.9 Å². The molecule has 3 N–H and O–H groups in total. The molecule has 2 aromatic rings. The van der Waals surface area contributed by atoms with Crippen molar-refractivity contribution in [2.45, 2.75) is 18.6 Å². The Bertz CT molecular complexity index is 580. The van der Waals surface area contributed by atoms with E-state index in [1.54, 1.807) is 12.1 Å². The lowest BCUT2D eigenvalue weighted by atomic mass is 10.0. The summed E-state index contributed by atoms with van der Waals surface area (Å²) < 4.78 is 6.41. The molecule has 3 nitrogen and oxygen atoms in total. The first-order chi connectivity index (χ1) is 10.1. The zero-order valence-electron chi connectivity index (χ0n) is 11.4. The number of ether oxygens (including phenoxy) is 1. The van der Waals surface area contributed by atoms with Crippen LogP contribution in [0.4, 0.5) is 0 Å². The molecule has 0 saturated carbocycles. The van der Waals surface area contributed by atoms with Gasteiger partial charge in [0, 0.05) is 10.5 Å². The average molecular weight is 371 g/mol. The van der Waals surface area contributed by atoms with Gasteiger partial charge in [0.2, 0.25) is 0 Å². The molecular weight excluding hydrogens is 354 g/mol. The Kier molecular flexibility index (Phi) is 6.06. The first kappa shape index (κ1) is 16.3. The fourth-order valence-corrected chi connectivity index (χ4v) is 2.42. The summed E-state index contributed by atoms with van der Waals surface area (Å²) in [6.07, 6.45) is -0.169. The zero-order chi connectivity index (χ0) is 15.2. The average Bonchev–Trinajstić information content (AvgIpc) is 2.49. The molecule has 0 aliphatic carbocycles. The molecule has 0 radical (unpaired) electrons. The second-order valence-electron chi connectivity index (χ2n) is 4.81. The Labute approximate surface area is 137 Å². The van der Waals surface area contributed by atoms with E-state index in [0.29, 0.717) is 17.2 Å². The standard InChI is InChI=1S/C16H17BrClNO2/c17-12-6-7-13(18)16(9-12)21-10-15(20)14(19)8-11-4-2-1-3-5-11/h1-7,9,14-15,20H,8,10,19H2. The SMILES string of the molecule is NC(Cc1ccccc1)C(O)COc1cc(Br)ccc1Cl. The van der Waals surface area contributed by atoms with Crippen molar-refractivity contribution in [1.29, 1.82) is 0 Å². The summed E-state index contributed by atoms with van der Waals surface area (Å²) >= 11 is 9.38. The Hall–Kier alpha value is -1.07. The third-order valence-electron chi connectivity index (χ3n) is 3.11. The lowest BCUT2D eigenvalue weighted by Gasteiger charge is -2.19. The predicted molar refractivity (Wildman–Crippen MR) is 88.8 cm³/mol. The molecule has 0 spiro atoms. The molecular formula is C16H17BrClNO2. The van der Waals surface area contributed by atoms with Crippen LogP contribution in [0.3, 0.4) is 0 Å². The van der Waals surface area contributed by atoms with Crippen LogP contribution in [0.1, 0.15) is 5.56 Å². The summed E-state index contributed by atoms with van der Waals surface area (Å²) in [6.45, 7) is 0.101. The quantitative estimate of drug-likeness (QED) is 0.819. The molecule has 0 saturated heterocycles. The van der Waals surface area contributed by atoms with Gasteiger partial charge in [-0.3, -0.25) is 0 Å². The van der Waals surface area contributed by atoms with E-state index < -0.39 is 12.1 Å². The first-order valence-corrected chi connectivity index (χ1v) is 7.79. The van der Waals surface area contributed by atoms with Crippen molar-refractivity contribution in [2.24, 2.45) is 5.73 Å². The van der Waals surface area contributed by atoms with Gasteiger partial charge >= 0.3 is 0 Å². The van der Waals surface area contributed by atoms with Gasteiger partial charge in [0.1, 0.15) is 18.5 Å². The largest absolute Gasteiger partial charge is 0.489 e. The smallest absolute Gasteiger partial charge is 0.139 e. The van der Waals surface area contributed by atoms with Crippen LogP contribution in [0.15, 0.2) is 53.0 Å². The molecule has 2 unspecified atom stereocenters. The zero-order valence-corrected chi connectivity index (χ0v) is 13.7. The van der Waals surface area contributed by atoms with Gasteiger partial charge in [-0.1, -0.05) is 57.9 Å². The van der Waals surface area contributed by atoms with Crippen molar-refractivity contribution in [3.63, 3.8) is 0 Å². The van der Waals surface area contributed by atoms with E-state index in [2.05, 4.69) is 15.9 Å². The van der Waals surface area contributed by atoms with Gasteiger partial charge in [0.15, 0.2) is 0 Å². The van der Waals surface area contributed by atoms with Crippen molar-refractivity contribution < 1.29 is 9.84 Å². The highest BCUT2D eigenvalue weighted by Crippen LogP contribution is 2.28. The van der Waals surface area contributed by atoms with Crippen LogP contribution < -0.4 is 10.5 Å². The summed E-state index contributed by atoms with van der Waals surface area (Å²) in [4.78, 5) is 0. The van der Waals surface area contributed by atoms with E-state index in [1.807, 2.05) is 36.4 Å². The molecule has 0 aliphatic rings. The molecule has 0 aromatic heterocycles. The van der Waals surface area contributed by atoms with Gasteiger partial charge in [-0.25, -0.2) is 0 Å². The minimum atomic E-state index is -0.764. The predicted octanol–water partition coefficient (Wildman–Crippen LogP) is 3.41. The summed E-state index contributed by atoms with van der Waals surface area (Å²) in [5, 5.41) is 10.6. The van der Waals surface area contributed by atoms with Crippen LogP contribution in [0.5, 0.6) is 5.75 Å². The van der Waals surface area contributed by atoms with E-state index in [9.17, 15) is 5.11 Å². The lowest BCUT2D eigenvalue weighted by molar-refractivity contribution is 0.0852. The number of halogens is 2. The van der Waals surface area contributed by atoms with Crippen molar-refractivity contribution in [2.75, 3.05) is 6.61 Å². The molecule has 112 valence electrons. The second kappa shape index (κ2) is 7.80. The van der Waals surface area contributed by atoms with Crippen LogP contribution in [0.2, 0.25) is 5.02 Å². The minimum absolute atomic E-state index is 0.101. The Balaban J connectivity index is 1.89. The fraction of sp³-hybridized carbons (Fsp3) is 0.250. The molecule has 0 fully saturated rings. The van der Waals surface area contributed by atoms with Gasteiger partial charge in [0.05, 0.1) is 5.02 Å². The topological polar surface area (TPSA) is 55.5 Å². The number of aliphatic hydroxyl groups excluding tert-OH is 1. The fourth-order valence-electron chi connectivity index (χ4n) is 1.91. The molecule has 0 amide bonds. The molecule has 0 heterocycles. The van der Waals surface area contributed by atoms with Crippen LogP contribution in [-0.2, 0) is 6.42 Å². The van der Waals surface area contributed by atoms with Crippen molar-refractivity contribution in [1.82, 2.24) is 0 Å². The number of aliphatic hydroxyl groups is 1. The van der Waals surface area contributed by atoms with E-state index >= 15 is 0 Å². The van der Waals surface area contributed by atoms with Gasteiger partial charge in [-0.2, -0.15) is 0 Å². The Morgan fingerprint density at radius 1 is 1.19 bits per heavy atom. The Morgan fingerprint density at radius 3 is 2.62 bits per heavy atom. The highest BCUT2D eigenvalue weighted by molar-refractivity contribution is 9.10. The van der Waals surface area contributed by atoms with Crippen molar-refractivity contribution in [3.8, 4) is 5.75 Å². The Morgan fingerprint density at radius 2 is 1.90 bits per heavy atom. The van der Waals surface area contributed by atoms with Crippen molar-refractivity contribution in [3.05, 3.63) is 63.6 Å². The minimum Gasteiger partial charge on any atom is -0.489 e. The van der Waals surface area contributed by atoms with E-state index in [-0.39, 0.29) is 6.61 Å². The maximum atomic E-state index is 10.1. The second-order valence-corrected chi connectivity index (χ2v) is 6.13. The molecule has 2 atom stereocenters. The number of hydrogen-bond acceptors (Lipinski definition) is 3. The van der Waals surface area contributed by atoms with E-state index in [1.165, 1.54) is 0 Å². The van der Waals surface area contributed by atoms with E-state index in [4.69, 9.17) is 22.1 Å².